The van der Waals surface area contributed by atoms with Gasteiger partial charge in [-0.1, -0.05) is 23.7 Å². The first kappa shape index (κ1) is 17.9. The summed E-state index contributed by atoms with van der Waals surface area (Å²) < 4.78 is 11.0. The highest BCUT2D eigenvalue weighted by Crippen LogP contribution is 2.30. The zero-order valence-electron chi connectivity index (χ0n) is 13.8. The number of halogens is 1. The molecule has 0 unspecified atom stereocenters. The van der Waals surface area contributed by atoms with Crippen LogP contribution in [0, 0.1) is 0 Å². The molecule has 0 aliphatic heterocycles. The predicted molar refractivity (Wildman–Crippen MR) is 96.1 cm³/mol. The van der Waals surface area contributed by atoms with Gasteiger partial charge < -0.3 is 20.1 Å². The van der Waals surface area contributed by atoms with Crippen LogP contribution in [0.2, 0.25) is 5.02 Å². The normalized spacial score (nSPS) is 10.1. The van der Waals surface area contributed by atoms with Gasteiger partial charge in [0.05, 0.1) is 13.2 Å². The Balaban J connectivity index is 1.96. The monoisotopic (exact) mass is 348 g/mol. The summed E-state index contributed by atoms with van der Waals surface area (Å²) in [5, 5.41) is 6.20. The minimum Gasteiger partial charge on any atom is -0.490 e. The van der Waals surface area contributed by atoms with Crippen LogP contribution >= 0.6 is 11.6 Å². The fraction of sp³-hybridized carbons (Fsp3) is 0.278. The summed E-state index contributed by atoms with van der Waals surface area (Å²) in [6, 6.07) is 12.3. The van der Waals surface area contributed by atoms with Crippen LogP contribution in [0.15, 0.2) is 42.5 Å². The lowest BCUT2D eigenvalue weighted by Gasteiger charge is -2.13. The standard InChI is InChI=1S/C18H21ClN2O3/c1-3-23-16-9-8-15(11-17(16)24-4-2)21-18(22)20-12-13-6-5-7-14(19)10-13/h5-11H,3-4,12H2,1-2H3,(H2,20,21,22). The molecule has 2 aromatic rings. The number of rotatable bonds is 7. The largest absolute Gasteiger partial charge is 0.490 e. The molecular weight excluding hydrogens is 328 g/mol. The van der Waals surface area contributed by atoms with Crippen molar-refractivity contribution in [2.75, 3.05) is 18.5 Å². The minimum absolute atomic E-state index is 0.304. The van der Waals surface area contributed by atoms with Crippen LogP contribution in [0.3, 0.4) is 0 Å². The van der Waals surface area contributed by atoms with E-state index in [0.29, 0.717) is 42.0 Å². The molecule has 0 saturated heterocycles. The maximum Gasteiger partial charge on any atom is 0.319 e. The third-order valence-corrected chi connectivity index (χ3v) is 3.38. The molecule has 2 amide bonds. The van der Waals surface area contributed by atoms with Gasteiger partial charge in [-0.25, -0.2) is 4.79 Å². The molecule has 0 fully saturated rings. The summed E-state index contributed by atoms with van der Waals surface area (Å²) in [6.07, 6.45) is 0. The van der Waals surface area contributed by atoms with Crippen molar-refractivity contribution in [3.8, 4) is 11.5 Å². The van der Waals surface area contributed by atoms with E-state index in [1.807, 2.05) is 32.0 Å². The highest BCUT2D eigenvalue weighted by atomic mass is 35.5. The van der Waals surface area contributed by atoms with Crippen LogP contribution in [-0.2, 0) is 6.54 Å². The molecule has 128 valence electrons. The third-order valence-electron chi connectivity index (χ3n) is 3.14. The molecule has 0 aliphatic rings. The van der Waals surface area contributed by atoms with Crippen molar-refractivity contribution in [1.82, 2.24) is 5.32 Å². The van der Waals surface area contributed by atoms with E-state index in [4.69, 9.17) is 21.1 Å². The van der Waals surface area contributed by atoms with E-state index < -0.39 is 0 Å². The van der Waals surface area contributed by atoms with Gasteiger partial charge in [0, 0.05) is 23.3 Å². The molecular formula is C18H21ClN2O3. The quantitative estimate of drug-likeness (QED) is 0.776. The fourth-order valence-corrected chi connectivity index (χ4v) is 2.35. The molecule has 0 heterocycles. The number of carbonyl (C=O) groups excluding carboxylic acids is 1. The zero-order chi connectivity index (χ0) is 17.4. The van der Waals surface area contributed by atoms with E-state index in [0.717, 1.165) is 5.56 Å². The summed E-state index contributed by atoms with van der Waals surface area (Å²) in [4.78, 5) is 12.0. The maximum atomic E-state index is 12.0. The first-order chi connectivity index (χ1) is 11.6. The van der Waals surface area contributed by atoms with E-state index >= 15 is 0 Å². The number of urea groups is 1. The van der Waals surface area contributed by atoms with E-state index in [2.05, 4.69) is 10.6 Å². The molecule has 2 N–H and O–H groups in total. The van der Waals surface area contributed by atoms with Crippen LogP contribution in [0.1, 0.15) is 19.4 Å². The van der Waals surface area contributed by atoms with Crippen LogP contribution in [0.25, 0.3) is 0 Å². The molecule has 0 spiro atoms. The Labute approximate surface area is 146 Å². The van der Waals surface area contributed by atoms with Gasteiger partial charge in [0.1, 0.15) is 0 Å². The second-order valence-electron chi connectivity index (χ2n) is 4.97. The molecule has 6 heteroatoms. The highest BCUT2D eigenvalue weighted by Gasteiger charge is 2.08. The van der Waals surface area contributed by atoms with Gasteiger partial charge >= 0.3 is 6.03 Å². The number of amides is 2. The first-order valence-corrected chi connectivity index (χ1v) is 8.19. The average molecular weight is 349 g/mol. The number of carbonyl (C=O) groups is 1. The van der Waals surface area contributed by atoms with Gasteiger partial charge in [0.15, 0.2) is 11.5 Å². The Kier molecular flexibility index (Phi) is 6.75. The van der Waals surface area contributed by atoms with Crippen molar-refractivity contribution in [3.63, 3.8) is 0 Å². The SMILES string of the molecule is CCOc1ccc(NC(=O)NCc2cccc(Cl)c2)cc1OCC. The van der Waals surface area contributed by atoms with Gasteiger partial charge in [-0.15, -0.1) is 0 Å². The van der Waals surface area contributed by atoms with Crippen LogP contribution in [-0.4, -0.2) is 19.2 Å². The molecule has 0 aromatic heterocycles. The number of hydrogen-bond donors (Lipinski definition) is 2. The summed E-state index contributed by atoms with van der Waals surface area (Å²) in [7, 11) is 0. The van der Waals surface area contributed by atoms with Crippen molar-refractivity contribution in [2.24, 2.45) is 0 Å². The molecule has 2 aromatic carbocycles. The van der Waals surface area contributed by atoms with E-state index in [1.54, 1.807) is 24.3 Å². The number of ether oxygens (including phenoxy) is 2. The molecule has 0 radical (unpaired) electrons. The molecule has 0 aliphatic carbocycles. The second-order valence-corrected chi connectivity index (χ2v) is 5.40. The minimum atomic E-state index is -0.304. The molecule has 0 atom stereocenters. The average Bonchev–Trinajstić information content (AvgIpc) is 2.56. The Hall–Kier alpha value is -2.40. The first-order valence-electron chi connectivity index (χ1n) is 7.81. The van der Waals surface area contributed by atoms with Gasteiger partial charge in [-0.2, -0.15) is 0 Å². The van der Waals surface area contributed by atoms with Crippen LogP contribution in [0.4, 0.5) is 10.5 Å². The smallest absolute Gasteiger partial charge is 0.319 e. The number of nitrogens with one attached hydrogen (secondary N) is 2. The number of benzene rings is 2. The zero-order valence-corrected chi connectivity index (χ0v) is 14.5. The Morgan fingerprint density at radius 2 is 1.79 bits per heavy atom. The number of hydrogen-bond acceptors (Lipinski definition) is 3. The molecule has 24 heavy (non-hydrogen) atoms. The van der Waals surface area contributed by atoms with E-state index in [1.165, 1.54) is 0 Å². The second kappa shape index (κ2) is 9.03. The lowest BCUT2D eigenvalue weighted by Crippen LogP contribution is -2.28. The lowest BCUT2D eigenvalue weighted by molar-refractivity contribution is 0.251. The van der Waals surface area contributed by atoms with Crippen molar-refractivity contribution >= 4 is 23.3 Å². The summed E-state index contributed by atoms with van der Waals surface area (Å²) in [5.41, 5.74) is 1.56. The lowest BCUT2D eigenvalue weighted by atomic mass is 10.2. The Bertz CT molecular complexity index is 692. The molecule has 2 rings (SSSR count). The Morgan fingerprint density at radius 3 is 2.50 bits per heavy atom. The topological polar surface area (TPSA) is 59.6 Å². The summed E-state index contributed by atoms with van der Waals surface area (Å²) in [5.74, 6) is 1.26. The van der Waals surface area contributed by atoms with Crippen LogP contribution < -0.4 is 20.1 Å². The fourth-order valence-electron chi connectivity index (χ4n) is 2.13. The van der Waals surface area contributed by atoms with Gasteiger partial charge in [-0.3, -0.25) is 0 Å². The number of anilines is 1. The van der Waals surface area contributed by atoms with Gasteiger partial charge in [0.2, 0.25) is 0 Å². The van der Waals surface area contributed by atoms with Crippen molar-refractivity contribution in [1.29, 1.82) is 0 Å². The predicted octanol–water partition coefficient (Wildman–Crippen LogP) is 4.46. The Morgan fingerprint density at radius 1 is 1.04 bits per heavy atom. The van der Waals surface area contributed by atoms with Gasteiger partial charge in [-0.05, 0) is 43.7 Å². The van der Waals surface area contributed by atoms with Gasteiger partial charge in [0.25, 0.3) is 0 Å². The summed E-state index contributed by atoms with van der Waals surface area (Å²) >= 11 is 5.92. The van der Waals surface area contributed by atoms with Crippen molar-refractivity contribution in [3.05, 3.63) is 53.1 Å². The maximum absolute atomic E-state index is 12.0. The van der Waals surface area contributed by atoms with E-state index in [9.17, 15) is 4.79 Å². The van der Waals surface area contributed by atoms with Crippen molar-refractivity contribution in [2.45, 2.75) is 20.4 Å². The van der Waals surface area contributed by atoms with E-state index in [-0.39, 0.29) is 6.03 Å². The molecule has 0 saturated carbocycles. The molecule has 5 nitrogen and oxygen atoms in total. The highest BCUT2D eigenvalue weighted by molar-refractivity contribution is 6.30. The summed E-state index contributed by atoms with van der Waals surface area (Å²) in [6.45, 7) is 5.26. The third kappa shape index (κ3) is 5.35. The van der Waals surface area contributed by atoms with Crippen molar-refractivity contribution < 1.29 is 14.3 Å². The molecule has 0 bridgehead atoms. The van der Waals surface area contributed by atoms with Crippen LogP contribution in [0.5, 0.6) is 11.5 Å².